The molecular formula is C22H17Cl2N5OS. The number of para-hydroxylation sites is 1. The van der Waals surface area contributed by atoms with Crippen molar-refractivity contribution in [2.24, 2.45) is 0 Å². The van der Waals surface area contributed by atoms with Crippen LogP contribution in [-0.2, 0) is 5.75 Å². The van der Waals surface area contributed by atoms with Gasteiger partial charge in [0.25, 0.3) is 5.91 Å². The second-order valence-corrected chi connectivity index (χ2v) is 8.39. The lowest BCUT2D eigenvalue weighted by Crippen LogP contribution is -2.12. The highest BCUT2D eigenvalue weighted by atomic mass is 35.5. The summed E-state index contributed by atoms with van der Waals surface area (Å²) in [4.78, 5) is 12.4. The fourth-order valence-corrected chi connectivity index (χ4v) is 4.04. The molecule has 0 saturated heterocycles. The predicted octanol–water partition coefficient (Wildman–Crippen LogP) is 5.51. The summed E-state index contributed by atoms with van der Waals surface area (Å²) in [5, 5.41) is 12.7. The van der Waals surface area contributed by atoms with Crippen LogP contribution >= 0.6 is 35.0 Å². The highest BCUT2D eigenvalue weighted by molar-refractivity contribution is 7.98. The molecule has 1 amide bonds. The van der Waals surface area contributed by atoms with Crippen LogP contribution in [0.4, 0.5) is 5.69 Å². The quantitative estimate of drug-likeness (QED) is 0.287. The van der Waals surface area contributed by atoms with Crippen molar-refractivity contribution in [3.05, 3.63) is 94.0 Å². The molecule has 3 N–H and O–H groups in total. The van der Waals surface area contributed by atoms with Gasteiger partial charge in [-0.3, -0.25) is 4.79 Å². The van der Waals surface area contributed by atoms with Crippen LogP contribution in [0.5, 0.6) is 0 Å². The Bertz CT molecular complexity index is 1210. The summed E-state index contributed by atoms with van der Waals surface area (Å²) in [6, 6.07) is 21.8. The van der Waals surface area contributed by atoms with E-state index < -0.39 is 0 Å². The van der Waals surface area contributed by atoms with Gasteiger partial charge in [-0.15, -0.1) is 10.2 Å². The maximum absolute atomic E-state index is 12.4. The van der Waals surface area contributed by atoms with Gasteiger partial charge in [0.15, 0.2) is 5.82 Å². The minimum absolute atomic E-state index is 0.157. The normalized spacial score (nSPS) is 10.8. The number of nitrogens with one attached hydrogen (secondary N) is 1. The van der Waals surface area contributed by atoms with E-state index in [0.717, 1.165) is 11.3 Å². The average Bonchev–Trinajstić information content (AvgIpc) is 3.15. The average molecular weight is 470 g/mol. The molecule has 0 bridgehead atoms. The van der Waals surface area contributed by atoms with Gasteiger partial charge in [-0.25, -0.2) is 4.68 Å². The van der Waals surface area contributed by atoms with Crippen molar-refractivity contribution in [1.82, 2.24) is 14.9 Å². The number of nitrogen functional groups attached to an aromatic ring is 1. The number of nitrogens with zero attached hydrogens (tertiary/aromatic N) is 3. The second-order valence-electron chi connectivity index (χ2n) is 6.61. The number of nitrogens with two attached hydrogens (primary N) is 1. The van der Waals surface area contributed by atoms with Crippen molar-refractivity contribution in [3.63, 3.8) is 0 Å². The lowest BCUT2D eigenvalue weighted by atomic mass is 10.1. The standard InChI is InChI=1S/C22H17Cl2N5OS/c23-16-10-11-19(24)18(12-16)20-27-28-22(29(20)25)31-13-14-6-8-15(9-7-14)21(30)26-17-4-2-1-3-5-17/h1-12H,13,25H2,(H,26,30). The lowest BCUT2D eigenvalue weighted by molar-refractivity contribution is 0.102. The molecule has 1 aromatic heterocycles. The summed E-state index contributed by atoms with van der Waals surface area (Å²) >= 11 is 13.7. The maximum atomic E-state index is 12.4. The first-order chi connectivity index (χ1) is 15.0. The number of carbonyl (C=O) groups is 1. The highest BCUT2D eigenvalue weighted by Gasteiger charge is 2.15. The van der Waals surface area contributed by atoms with Crippen LogP contribution < -0.4 is 11.2 Å². The molecule has 6 nitrogen and oxygen atoms in total. The fourth-order valence-electron chi connectivity index (χ4n) is 2.85. The topological polar surface area (TPSA) is 85.8 Å². The van der Waals surface area contributed by atoms with Gasteiger partial charge in [0, 0.05) is 27.6 Å². The van der Waals surface area contributed by atoms with Gasteiger partial charge < -0.3 is 11.2 Å². The molecule has 0 spiro atoms. The van der Waals surface area contributed by atoms with Gasteiger partial charge in [0.05, 0.1) is 5.02 Å². The van der Waals surface area contributed by atoms with Crippen LogP contribution in [0.3, 0.4) is 0 Å². The van der Waals surface area contributed by atoms with Crippen molar-refractivity contribution >= 4 is 46.6 Å². The Morgan fingerprint density at radius 1 is 1.00 bits per heavy atom. The molecule has 0 aliphatic heterocycles. The van der Waals surface area contributed by atoms with E-state index in [9.17, 15) is 4.79 Å². The van der Waals surface area contributed by atoms with E-state index in [-0.39, 0.29) is 5.91 Å². The van der Waals surface area contributed by atoms with E-state index >= 15 is 0 Å². The number of halogens is 2. The minimum atomic E-state index is -0.157. The Balaban J connectivity index is 1.41. The van der Waals surface area contributed by atoms with Crippen molar-refractivity contribution < 1.29 is 4.79 Å². The smallest absolute Gasteiger partial charge is 0.255 e. The molecule has 156 valence electrons. The van der Waals surface area contributed by atoms with Gasteiger partial charge in [0.2, 0.25) is 5.16 Å². The van der Waals surface area contributed by atoms with Gasteiger partial charge in [-0.2, -0.15) is 0 Å². The third-order valence-electron chi connectivity index (χ3n) is 4.45. The molecule has 0 aliphatic rings. The molecular weight excluding hydrogens is 453 g/mol. The van der Waals surface area contributed by atoms with Gasteiger partial charge in [0.1, 0.15) is 0 Å². The van der Waals surface area contributed by atoms with E-state index in [1.54, 1.807) is 30.3 Å². The monoisotopic (exact) mass is 469 g/mol. The molecule has 0 unspecified atom stereocenters. The summed E-state index contributed by atoms with van der Waals surface area (Å²) < 4.78 is 1.39. The third kappa shape index (κ3) is 5.02. The van der Waals surface area contributed by atoms with Crippen LogP contribution in [0, 0.1) is 0 Å². The summed E-state index contributed by atoms with van der Waals surface area (Å²) in [7, 11) is 0. The van der Waals surface area contributed by atoms with Gasteiger partial charge in [-0.05, 0) is 48.0 Å². The SMILES string of the molecule is Nn1c(SCc2ccc(C(=O)Nc3ccccc3)cc2)nnc1-c1cc(Cl)ccc1Cl. The zero-order valence-electron chi connectivity index (χ0n) is 16.1. The summed E-state index contributed by atoms with van der Waals surface area (Å²) in [6.07, 6.45) is 0. The number of amides is 1. The zero-order valence-corrected chi connectivity index (χ0v) is 18.5. The first kappa shape index (κ1) is 21.2. The minimum Gasteiger partial charge on any atom is -0.335 e. The first-order valence-electron chi connectivity index (χ1n) is 9.25. The molecule has 0 radical (unpaired) electrons. The molecule has 0 fully saturated rings. The molecule has 0 aliphatic carbocycles. The van der Waals surface area contributed by atoms with Crippen molar-refractivity contribution in [1.29, 1.82) is 0 Å². The third-order valence-corrected chi connectivity index (χ3v) is 6.03. The van der Waals surface area contributed by atoms with Gasteiger partial charge in [-0.1, -0.05) is 65.3 Å². The molecule has 4 rings (SSSR count). The molecule has 31 heavy (non-hydrogen) atoms. The Kier molecular flexibility index (Phi) is 6.46. The predicted molar refractivity (Wildman–Crippen MR) is 126 cm³/mol. The largest absolute Gasteiger partial charge is 0.335 e. The molecule has 0 atom stereocenters. The summed E-state index contributed by atoms with van der Waals surface area (Å²) in [5.41, 5.74) is 2.97. The number of benzene rings is 3. The van der Waals surface area contributed by atoms with E-state index in [0.29, 0.717) is 37.9 Å². The number of rotatable bonds is 6. The molecule has 4 aromatic rings. The number of hydrogen-bond acceptors (Lipinski definition) is 5. The Hall–Kier alpha value is -3.00. The van der Waals surface area contributed by atoms with E-state index in [1.165, 1.54) is 16.4 Å². The van der Waals surface area contributed by atoms with Crippen molar-refractivity contribution in [3.8, 4) is 11.4 Å². The molecule has 3 aromatic carbocycles. The van der Waals surface area contributed by atoms with Crippen LogP contribution in [-0.4, -0.2) is 20.8 Å². The lowest BCUT2D eigenvalue weighted by Gasteiger charge is -2.07. The van der Waals surface area contributed by atoms with Crippen molar-refractivity contribution in [2.75, 3.05) is 11.2 Å². The Morgan fingerprint density at radius 2 is 1.74 bits per heavy atom. The van der Waals surface area contributed by atoms with Crippen LogP contribution in [0.2, 0.25) is 10.0 Å². The molecule has 0 saturated carbocycles. The molecule has 1 heterocycles. The van der Waals surface area contributed by atoms with Crippen LogP contribution in [0.1, 0.15) is 15.9 Å². The molecule has 9 heteroatoms. The second kappa shape index (κ2) is 9.43. The number of hydrogen-bond donors (Lipinski definition) is 2. The summed E-state index contributed by atoms with van der Waals surface area (Å²) in [5.74, 6) is 7.06. The number of anilines is 1. The fraction of sp³-hybridized carbons (Fsp3) is 0.0455. The Labute approximate surface area is 193 Å². The first-order valence-corrected chi connectivity index (χ1v) is 11.0. The maximum Gasteiger partial charge on any atom is 0.255 e. The van der Waals surface area contributed by atoms with E-state index in [2.05, 4.69) is 15.5 Å². The zero-order chi connectivity index (χ0) is 21.8. The van der Waals surface area contributed by atoms with E-state index in [1.807, 2.05) is 42.5 Å². The summed E-state index contributed by atoms with van der Waals surface area (Å²) in [6.45, 7) is 0. The number of aromatic nitrogens is 3. The Morgan fingerprint density at radius 3 is 2.48 bits per heavy atom. The number of carbonyl (C=O) groups excluding carboxylic acids is 1. The number of thioether (sulfide) groups is 1. The highest BCUT2D eigenvalue weighted by Crippen LogP contribution is 2.31. The van der Waals surface area contributed by atoms with Gasteiger partial charge >= 0.3 is 0 Å². The van der Waals surface area contributed by atoms with Crippen LogP contribution in [0.25, 0.3) is 11.4 Å². The van der Waals surface area contributed by atoms with Crippen molar-refractivity contribution in [2.45, 2.75) is 10.9 Å². The van der Waals surface area contributed by atoms with Crippen LogP contribution in [0.15, 0.2) is 78.0 Å². The van der Waals surface area contributed by atoms with E-state index in [4.69, 9.17) is 29.0 Å².